The molecule has 136 valence electrons. The molecule has 0 N–H and O–H groups in total. The maximum absolute atomic E-state index is 12.3. The van der Waals surface area contributed by atoms with Crippen molar-refractivity contribution in [2.75, 3.05) is 31.1 Å². The Balaban J connectivity index is 1.79. The number of aromatic nitrogens is 4. The maximum atomic E-state index is 12.3. The van der Waals surface area contributed by atoms with E-state index in [-0.39, 0.29) is 6.09 Å². The van der Waals surface area contributed by atoms with Gasteiger partial charge >= 0.3 is 6.09 Å². The summed E-state index contributed by atoms with van der Waals surface area (Å²) in [4.78, 5) is 25.4. The summed E-state index contributed by atoms with van der Waals surface area (Å²) in [7, 11) is 1.88. The summed E-state index contributed by atoms with van der Waals surface area (Å²) < 4.78 is 7.26. The molecule has 2 aromatic heterocycles. The Bertz CT molecular complexity index is 779. The second-order valence-corrected chi connectivity index (χ2v) is 7.41. The molecule has 8 heteroatoms. The fourth-order valence-electron chi connectivity index (χ4n) is 2.99. The van der Waals surface area contributed by atoms with Gasteiger partial charge in [0.1, 0.15) is 17.2 Å². The molecule has 1 aliphatic rings. The van der Waals surface area contributed by atoms with Crippen LogP contribution in [0, 0.1) is 6.92 Å². The minimum absolute atomic E-state index is 0.250. The van der Waals surface area contributed by atoms with Gasteiger partial charge in [0.25, 0.3) is 0 Å². The lowest BCUT2D eigenvalue weighted by Gasteiger charge is -2.26. The molecule has 3 heterocycles. The first-order valence-corrected chi connectivity index (χ1v) is 8.64. The van der Waals surface area contributed by atoms with Crippen molar-refractivity contribution in [2.45, 2.75) is 39.7 Å². The van der Waals surface area contributed by atoms with E-state index in [0.29, 0.717) is 19.6 Å². The summed E-state index contributed by atoms with van der Waals surface area (Å²) in [5.74, 6) is 1.61. The lowest BCUT2D eigenvalue weighted by molar-refractivity contribution is 0.0263. The molecule has 1 saturated heterocycles. The van der Waals surface area contributed by atoms with E-state index in [0.717, 1.165) is 35.6 Å². The van der Waals surface area contributed by atoms with E-state index in [1.807, 2.05) is 34.7 Å². The third-order valence-corrected chi connectivity index (χ3v) is 4.13. The van der Waals surface area contributed by atoms with E-state index in [9.17, 15) is 4.79 Å². The summed E-state index contributed by atoms with van der Waals surface area (Å²) in [6.45, 7) is 10.4. The predicted octanol–water partition coefficient (Wildman–Crippen LogP) is 2.12. The van der Waals surface area contributed by atoms with Crippen LogP contribution in [0.3, 0.4) is 0 Å². The first kappa shape index (κ1) is 17.4. The van der Waals surface area contributed by atoms with Crippen molar-refractivity contribution in [3.63, 3.8) is 0 Å². The Morgan fingerprint density at radius 3 is 2.64 bits per heavy atom. The standard InChI is InChI=1S/C17H26N6O2/c1-12-19-14-13(11-18-21(14)5)15(20-12)22-7-6-8-23(10-9-22)16(24)25-17(2,3)4/h11H,6-10H2,1-5H3. The summed E-state index contributed by atoms with van der Waals surface area (Å²) >= 11 is 0. The number of ether oxygens (including phenoxy) is 1. The molecule has 1 aliphatic heterocycles. The molecule has 8 nitrogen and oxygen atoms in total. The van der Waals surface area contributed by atoms with Crippen molar-refractivity contribution in [1.82, 2.24) is 24.6 Å². The van der Waals surface area contributed by atoms with E-state index in [1.54, 1.807) is 15.8 Å². The van der Waals surface area contributed by atoms with Crippen molar-refractivity contribution in [1.29, 1.82) is 0 Å². The number of anilines is 1. The number of carbonyl (C=O) groups is 1. The van der Waals surface area contributed by atoms with E-state index in [4.69, 9.17) is 4.74 Å². The molecule has 0 aliphatic carbocycles. The van der Waals surface area contributed by atoms with Gasteiger partial charge in [-0.1, -0.05) is 0 Å². The molecule has 2 aromatic rings. The Morgan fingerprint density at radius 2 is 1.92 bits per heavy atom. The van der Waals surface area contributed by atoms with Crippen molar-refractivity contribution in [2.24, 2.45) is 7.05 Å². The Labute approximate surface area is 147 Å². The zero-order valence-corrected chi connectivity index (χ0v) is 15.6. The van der Waals surface area contributed by atoms with Crippen LogP contribution in [-0.4, -0.2) is 62.5 Å². The second kappa shape index (κ2) is 6.50. The van der Waals surface area contributed by atoms with E-state index >= 15 is 0 Å². The number of hydrogen-bond acceptors (Lipinski definition) is 6. The van der Waals surface area contributed by atoms with E-state index in [1.165, 1.54) is 0 Å². The van der Waals surface area contributed by atoms with E-state index in [2.05, 4.69) is 20.0 Å². The van der Waals surface area contributed by atoms with Gasteiger partial charge in [-0.15, -0.1) is 0 Å². The lowest BCUT2D eigenvalue weighted by Crippen LogP contribution is -2.39. The summed E-state index contributed by atoms with van der Waals surface area (Å²) in [5.41, 5.74) is 0.352. The Hall–Kier alpha value is -2.38. The van der Waals surface area contributed by atoms with Gasteiger partial charge < -0.3 is 14.5 Å². The van der Waals surface area contributed by atoms with Crippen LogP contribution in [0.2, 0.25) is 0 Å². The number of fused-ring (bicyclic) bond motifs is 1. The highest BCUT2D eigenvalue weighted by atomic mass is 16.6. The lowest BCUT2D eigenvalue weighted by atomic mass is 10.2. The maximum Gasteiger partial charge on any atom is 0.410 e. The molecule has 1 fully saturated rings. The molecular formula is C17H26N6O2. The number of nitrogens with zero attached hydrogens (tertiary/aromatic N) is 6. The average Bonchev–Trinajstić information content (AvgIpc) is 2.73. The smallest absolute Gasteiger partial charge is 0.410 e. The van der Waals surface area contributed by atoms with Gasteiger partial charge in [-0.2, -0.15) is 5.10 Å². The molecule has 0 atom stereocenters. The fourth-order valence-corrected chi connectivity index (χ4v) is 2.99. The number of aryl methyl sites for hydroxylation is 2. The van der Waals surface area contributed by atoms with E-state index < -0.39 is 5.60 Å². The SMILES string of the molecule is Cc1nc(N2CCCN(C(=O)OC(C)(C)C)CC2)c2cnn(C)c2n1. The normalized spacial score (nSPS) is 16.2. The first-order valence-electron chi connectivity index (χ1n) is 8.64. The Morgan fingerprint density at radius 1 is 1.16 bits per heavy atom. The van der Waals surface area contributed by atoms with Crippen LogP contribution in [-0.2, 0) is 11.8 Å². The van der Waals surface area contributed by atoms with Gasteiger partial charge in [-0.3, -0.25) is 4.68 Å². The quantitative estimate of drug-likeness (QED) is 0.787. The molecule has 0 spiro atoms. The number of hydrogen-bond donors (Lipinski definition) is 0. The molecule has 0 aromatic carbocycles. The molecule has 0 unspecified atom stereocenters. The first-order chi connectivity index (χ1) is 11.7. The summed E-state index contributed by atoms with van der Waals surface area (Å²) in [6, 6.07) is 0. The molecule has 3 rings (SSSR count). The third kappa shape index (κ3) is 3.83. The van der Waals surface area contributed by atoms with Crippen LogP contribution < -0.4 is 4.90 Å². The minimum atomic E-state index is -0.477. The Kier molecular flexibility index (Phi) is 4.53. The molecule has 0 radical (unpaired) electrons. The highest BCUT2D eigenvalue weighted by molar-refractivity contribution is 5.87. The summed E-state index contributed by atoms with van der Waals surface area (Å²) in [6.07, 6.45) is 2.42. The number of amides is 1. The number of rotatable bonds is 1. The summed E-state index contributed by atoms with van der Waals surface area (Å²) in [5, 5.41) is 5.25. The molecule has 25 heavy (non-hydrogen) atoms. The van der Waals surface area contributed by atoms with Gasteiger partial charge in [0.05, 0.1) is 11.6 Å². The van der Waals surface area contributed by atoms with Crippen LogP contribution >= 0.6 is 0 Å². The fraction of sp³-hybridized carbons (Fsp3) is 0.647. The van der Waals surface area contributed by atoms with Crippen LogP contribution in [0.1, 0.15) is 33.0 Å². The predicted molar refractivity (Wildman–Crippen MR) is 95.7 cm³/mol. The van der Waals surface area contributed by atoms with Gasteiger partial charge in [-0.05, 0) is 34.1 Å². The monoisotopic (exact) mass is 346 g/mol. The largest absolute Gasteiger partial charge is 0.444 e. The van der Waals surface area contributed by atoms with Crippen molar-refractivity contribution in [3.05, 3.63) is 12.0 Å². The number of carbonyl (C=O) groups excluding carboxylic acids is 1. The van der Waals surface area contributed by atoms with Crippen LogP contribution in [0.15, 0.2) is 6.20 Å². The molecular weight excluding hydrogens is 320 g/mol. The molecule has 1 amide bonds. The zero-order valence-electron chi connectivity index (χ0n) is 15.6. The van der Waals surface area contributed by atoms with Gasteiger partial charge in [0.2, 0.25) is 0 Å². The van der Waals surface area contributed by atoms with Crippen LogP contribution in [0.4, 0.5) is 10.6 Å². The van der Waals surface area contributed by atoms with Crippen molar-refractivity contribution in [3.8, 4) is 0 Å². The van der Waals surface area contributed by atoms with Gasteiger partial charge in [0, 0.05) is 33.2 Å². The van der Waals surface area contributed by atoms with Crippen LogP contribution in [0.25, 0.3) is 11.0 Å². The highest BCUT2D eigenvalue weighted by Crippen LogP contribution is 2.24. The second-order valence-electron chi connectivity index (χ2n) is 7.41. The van der Waals surface area contributed by atoms with Crippen molar-refractivity contribution < 1.29 is 9.53 Å². The minimum Gasteiger partial charge on any atom is -0.444 e. The van der Waals surface area contributed by atoms with Crippen LogP contribution in [0.5, 0.6) is 0 Å². The van der Waals surface area contributed by atoms with Gasteiger partial charge in [-0.25, -0.2) is 14.8 Å². The molecule has 0 bridgehead atoms. The van der Waals surface area contributed by atoms with Crippen molar-refractivity contribution >= 4 is 22.9 Å². The topological polar surface area (TPSA) is 76.4 Å². The highest BCUT2D eigenvalue weighted by Gasteiger charge is 2.26. The zero-order chi connectivity index (χ0) is 18.2. The molecule has 0 saturated carbocycles. The third-order valence-electron chi connectivity index (χ3n) is 4.13. The average molecular weight is 346 g/mol. The van der Waals surface area contributed by atoms with Gasteiger partial charge in [0.15, 0.2) is 5.65 Å².